The van der Waals surface area contributed by atoms with Crippen molar-refractivity contribution in [2.45, 2.75) is 247 Å². The van der Waals surface area contributed by atoms with E-state index >= 15 is 0 Å². The van der Waals surface area contributed by atoms with E-state index in [0.29, 0.717) is 50.9 Å². The Bertz CT molecular complexity index is 1850. The summed E-state index contributed by atoms with van der Waals surface area (Å²) >= 11 is 0. The van der Waals surface area contributed by atoms with E-state index in [4.69, 9.17) is 37.9 Å². The minimum absolute atomic E-state index is 0.0109. The molecule has 14 N–H and O–H groups in total. The average molecular weight is 1050 g/mol. The monoisotopic (exact) mass is 1050 g/mol. The molecule has 0 aromatic rings. The smallest absolute Gasteiger partial charge is 0.187 e. The van der Waals surface area contributed by atoms with E-state index < -0.39 is 177 Å². The molecule has 4 heterocycles. The fourth-order valence-corrected chi connectivity index (χ4v) is 14.4. The number of hydrogen-bond acceptors (Lipinski definition) is 22. The van der Waals surface area contributed by atoms with Gasteiger partial charge in [-0.1, -0.05) is 46.3 Å². The number of allylic oxidation sites excluding steroid dienone is 1. The number of aliphatic hydroxyl groups excluding tert-OH is 14. The molecule has 0 bridgehead atoms. The second kappa shape index (κ2) is 22.9. The van der Waals surface area contributed by atoms with Crippen LogP contribution in [0.2, 0.25) is 0 Å². The van der Waals surface area contributed by atoms with Crippen molar-refractivity contribution in [3.05, 3.63) is 11.6 Å². The van der Waals surface area contributed by atoms with Gasteiger partial charge in [0.1, 0.15) is 85.5 Å². The Hall–Kier alpha value is -1.14. The fraction of sp³-hybridized carbons (Fsp3) is 0.961. The summed E-state index contributed by atoms with van der Waals surface area (Å²) in [6.07, 6.45) is -26.4. The van der Waals surface area contributed by atoms with E-state index in [0.717, 1.165) is 12.0 Å². The summed E-state index contributed by atoms with van der Waals surface area (Å²) in [5, 5.41) is 153. The standard InChI is InChI=1S/C51H86O22/c1-19(2)8-11-28(54)20(3)33-29(69-48-42(64)39(61)36(58)30(17-52)70-48)15-27-25-10-9-23-14-24(12-13-50(23,6)26(25)16-32(55)51(27,33)7)68-49-45(73-47-41(63)38(60)35(57)22(5)67-47)43(65)44(31(18-53)71-49)72-46-40(62)37(59)34(56)21(4)66-46/h9,19-22,24-49,52-65H,8,10-18H2,1-7H3/t20-,21+,22+,24+,25-,26+,27+,28-,29+,30-,31-,32-,33+,34+,35+,36-,37-,38-,39+,40-,41-,42-,43+,44-,45-,46+,47+,48-,49-,50+,51-/m1/s1. The topological polar surface area (TPSA) is 357 Å². The third-order valence-corrected chi connectivity index (χ3v) is 18.9. The molecule has 422 valence electrons. The summed E-state index contributed by atoms with van der Waals surface area (Å²) in [5.74, 6) is -0.515. The lowest BCUT2D eigenvalue weighted by atomic mass is 9.46. The van der Waals surface area contributed by atoms with Gasteiger partial charge in [0.15, 0.2) is 25.2 Å². The van der Waals surface area contributed by atoms with Gasteiger partial charge in [-0.25, -0.2) is 0 Å². The molecule has 3 saturated carbocycles. The molecule has 4 aliphatic heterocycles. The highest BCUT2D eigenvalue weighted by Gasteiger charge is 2.67. The van der Waals surface area contributed by atoms with Crippen molar-refractivity contribution >= 4 is 0 Å². The van der Waals surface area contributed by atoms with Gasteiger partial charge in [-0.3, -0.25) is 0 Å². The zero-order valence-electron chi connectivity index (χ0n) is 43.0. The van der Waals surface area contributed by atoms with Crippen molar-refractivity contribution in [2.24, 2.45) is 46.3 Å². The minimum Gasteiger partial charge on any atom is -0.394 e. The first-order chi connectivity index (χ1) is 34.4. The Morgan fingerprint density at radius 2 is 1.15 bits per heavy atom. The molecule has 0 spiro atoms. The first-order valence-corrected chi connectivity index (χ1v) is 26.7. The minimum atomic E-state index is -1.79. The Balaban J connectivity index is 1.03. The highest BCUT2D eigenvalue weighted by atomic mass is 16.8. The fourth-order valence-electron chi connectivity index (χ4n) is 14.4. The third-order valence-electron chi connectivity index (χ3n) is 18.9. The van der Waals surface area contributed by atoms with Crippen LogP contribution in [0.5, 0.6) is 0 Å². The van der Waals surface area contributed by atoms with Gasteiger partial charge in [0.05, 0.1) is 49.8 Å². The van der Waals surface area contributed by atoms with Gasteiger partial charge in [-0.2, -0.15) is 0 Å². The normalized spacial score (nSPS) is 53.2. The van der Waals surface area contributed by atoms with Gasteiger partial charge in [-0.05, 0) is 106 Å². The molecule has 0 amide bonds. The third kappa shape index (κ3) is 10.7. The molecule has 4 saturated heterocycles. The molecule has 0 aromatic carbocycles. The number of hydrogen-bond donors (Lipinski definition) is 14. The number of fused-ring (bicyclic) bond motifs is 5. The van der Waals surface area contributed by atoms with Crippen molar-refractivity contribution in [1.82, 2.24) is 0 Å². The van der Waals surface area contributed by atoms with Crippen LogP contribution in [-0.2, 0) is 37.9 Å². The molecular weight excluding hydrogens is 965 g/mol. The molecule has 0 unspecified atom stereocenters. The van der Waals surface area contributed by atoms with Crippen molar-refractivity contribution < 1.29 is 109 Å². The van der Waals surface area contributed by atoms with E-state index in [9.17, 15) is 71.5 Å². The maximum absolute atomic E-state index is 12.6. The molecule has 4 aliphatic carbocycles. The summed E-state index contributed by atoms with van der Waals surface area (Å²) in [6, 6.07) is 0. The number of rotatable bonds is 15. The maximum Gasteiger partial charge on any atom is 0.187 e. The Labute approximate surface area is 426 Å². The van der Waals surface area contributed by atoms with Gasteiger partial charge >= 0.3 is 0 Å². The largest absolute Gasteiger partial charge is 0.394 e. The highest BCUT2D eigenvalue weighted by Crippen LogP contribution is 2.68. The molecule has 73 heavy (non-hydrogen) atoms. The van der Waals surface area contributed by atoms with Crippen molar-refractivity contribution in [3.63, 3.8) is 0 Å². The summed E-state index contributed by atoms with van der Waals surface area (Å²) < 4.78 is 49.0. The van der Waals surface area contributed by atoms with E-state index in [1.165, 1.54) is 13.8 Å². The van der Waals surface area contributed by atoms with Crippen LogP contribution in [0.15, 0.2) is 11.6 Å². The molecule has 22 nitrogen and oxygen atoms in total. The van der Waals surface area contributed by atoms with Crippen molar-refractivity contribution in [2.75, 3.05) is 13.2 Å². The molecule has 0 aromatic heterocycles. The Kier molecular flexibility index (Phi) is 18.2. The second-order valence-corrected chi connectivity index (χ2v) is 23.7. The predicted molar refractivity (Wildman–Crippen MR) is 251 cm³/mol. The van der Waals surface area contributed by atoms with Crippen molar-refractivity contribution in [1.29, 1.82) is 0 Å². The summed E-state index contributed by atoms with van der Waals surface area (Å²) in [5.41, 5.74) is -0.0926. The van der Waals surface area contributed by atoms with Crippen LogP contribution in [-0.4, -0.2) is 232 Å². The molecule has 0 radical (unpaired) electrons. The highest BCUT2D eigenvalue weighted by molar-refractivity contribution is 5.27. The summed E-state index contributed by atoms with van der Waals surface area (Å²) in [7, 11) is 0. The van der Waals surface area contributed by atoms with Crippen LogP contribution in [0.3, 0.4) is 0 Å². The zero-order valence-corrected chi connectivity index (χ0v) is 43.0. The lowest BCUT2D eigenvalue weighted by molar-refractivity contribution is -0.388. The van der Waals surface area contributed by atoms with Gasteiger partial charge in [0, 0.05) is 5.41 Å². The van der Waals surface area contributed by atoms with E-state index in [-0.39, 0.29) is 23.7 Å². The Morgan fingerprint density at radius 1 is 0.603 bits per heavy atom. The molecule has 31 atom stereocenters. The molecule has 22 heteroatoms. The van der Waals surface area contributed by atoms with Crippen LogP contribution in [0.25, 0.3) is 0 Å². The SMILES string of the molecule is CC(C)CC[C@@H](O)[C@@H](C)[C@H]1[C@@H](O[C@@H]2O[C@H](CO)[C@@H](O)[C@H](O)[C@H]2O)C[C@H]2[C@@H]3CC=C4C[C@@H](O[C@@H]5O[C@H](CO)[C@@H](O[C@@H]6O[C@@H](C)[C@H](O)[C@@H](O)[C@H]6O)[C@H](O)[C@H]5O[C@@H]5O[C@@H](C)[C@H](O)[C@@H](O)[C@H]5O)CC[C@]4(C)[C@H]3C[C@@H](O)[C@]12C. The molecule has 8 aliphatic rings. The van der Waals surface area contributed by atoms with E-state index in [1.807, 2.05) is 6.92 Å². The van der Waals surface area contributed by atoms with Gasteiger partial charge < -0.3 is 109 Å². The van der Waals surface area contributed by atoms with Gasteiger partial charge in [0.2, 0.25) is 0 Å². The van der Waals surface area contributed by atoms with Crippen LogP contribution in [0.1, 0.15) is 99.8 Å². The summed E-state index contributed by atoms with van der Waals surface area (Å²) in [4.78, 5) is 0. The van der Waals surface area contributed by atoms with Gasteiger partial charge in [0.25, 0.3) is 0 Å². The number of aliphatic hydroxyl groups is 14. The molecule has 7 fully saturated rings. The molecular formula is C51H86O22. The van der Waals surface area contributed by atoms with Gasteiger partial charge in [-0.15, -0.1) is 0 Å². The first kappa shape index (κ1) is 58.0. The van der Waals surface area contributed by atoms with Crippen LogP contribution in [0.4, 0.5) is 0 Å². The van der Waals surface area contributed by atoms with E-state index in [2.05, 4.69) is 33.8 Å². The lowest BCUT2D eigenvalue weighted by Gasteiger charge is -2.60. The molecule has 8 rings (SSSR count). The quantitative estimate of drug-likeness (QED) is 0.0764. The second-order valence-electron chi connectivity index (χ2n) is 23.7. The zero-order chi connectivity index (χ0) is 53.3. The van der Waals surface area contributed by atoms with Crippen LogP contribution in [0, 0.1) is 46.3 Å². The van der Waals surface area contributed by atoms with E-state index in [1.54, 1.807) is 0 Å². The first-order valence-electron chi connectivity index (χ1n) is 26.7. The van der Waals surface area contributed by atoms with Crippen molar-refractivity contribution in [3.8, 4) is 0 Å². The Morgan fingerprint density at radius 3 is 1.73 bits per heavy atom. The van der Waals surface area contributed by atoms with Crippen LogP contribution >= 0.6 is 0 Å². The predicted octanol–water partition coefficient (Wildman–Crippen LogP) is -2.35. The lowest BCUT2D eigenvalue weighted by Crippen LogP contribution is -2.66. The average Bonchev–Trinajstić information content (AvgIpc) is 3.66. The number of ether oxygens (including phenoxy) is 8. The van der Waals surface area contributed by atoms with Crippen LogP contribution < -0.4 is 0 Å². The maximum atomic E-state index is 12.6. The summed E-state index contributed by atoms with van der Waals surface area (Å²) in [6.45, 7) is 12.0.